The molecule has 1 amide bonds. The van der Waals surface area contributed by atoms with Gasteiger partial charge in [-0.05, 0) is 43.0 Å². The molecule has 124 valence electrons. The van der Waals surface area contributed by atoms with Crippen LogP contribution in [0.1, 0.15) is 48.3 Å². The van der Waals surface area contributed by atoms with E-state index in [0.717, 1.165) is 55.2 Å². The molecule has 2 N–H and O–H groups in total. The Kier molecular flexibility index (Phi) is 3.94. The van der Waals surface area contributed by atoms with Crippen LogP contribution in [0.5, 0.6) is 0 Å². The quantitative estimate of drug-likeness (QED) is 0.851. The minimum absolute atomic E-state index is 0.0551. The van der Waals surface area contributed by atoms with Gasteiger partial charge in [0.25, 0.3) is 5.91 Å². The number of imidazole rings is 1. The van der Waals surface area contributed by atoms with Crippen LogP contribution in [0.15, 0.2) is 24.4 Å². The predicted molar refractivity (Wildman–Crippen MR) is 93.7 cm³/mol. The van der Waals surface area contributed by atoms with Crippen molar-refractivity contribution in [2.24, 2.45) is 0 Å². The Balaban J connectivity index is 1.64. The number of nitrogens with zero attached hydrogens (tertiary/aromatic N) is 1. The molecule has 3 heterocycles. The van der Waals surface area contributed by atoms with E-state index in [-0.39, 0.29) is 5.91 Å². The van der Waals surface area contributed by atoms with Gasteiger partial charge >= 0.3 is 0 Å². The highest BCUT2D eigenvalue weighted by molar-refractivity contribution is 6.34. The van der Waals surface area contributed by atoms with Crippen LogP contribution in [0, 0.1) is 0 Å². The van der Waals surface area contributed by atoms with Gasteiger partial charge in [-0.15, -0.1) is 0 Å². The van der Waals surface area contributed by atoms with Crippen LogP contribution >= 0.6 is 0 Å². The highest BCUT2D eigenvalue weighted by atomic mass is 16.5. The Morgan fingerprint density at radius 2 is 2.17 bits per heavy atom. The molecule has 0 atom stereocenters. The summed E-state index contributed by atoms with van der Waals surface area (Å²) in [5.41, 5.74) is 4.65. The number of benzene rings is 1. The molecule has 1 aromatic heterocycles. The summed E-state index contributed by atoms with van der Waals surface area (Å²) >= 11 is 0. The van der Waals surface area contributed by atoms with Crippen molar-refractivity contribution in [2.75, 3.05) is 18.5 Å². The van der Waals surface area contributed by atoms with Gasteiger partial charge in [-0.1, -0.05) is 13.0 Å². The van der Waals surface area contributed by atoms with Crippen molar-refractivity contribution in [2.45, 2.75) is 32.1 Å². The molecule has 0 radical (unpaired) electrons. The van der Waals surface area contributed by atoms with E-state index in [9.17, 15) is 4.79 Å². The lowest BCUT2D eigenvalue weighted by Gasteiger charge is -2.19. The number of hydrogen-bond donors (Lipinski definition) is 2. The number of ether oxygens (including phenoxy) is 1. The van der Waals surface area contributed by atoms with Crippen molar-refractivity contribution >= 4 is 23.2 Å². The first-order valence-electron chi connectivity index (χ1n) is 8.53. The number of aromatic amines is 1. The lowest BCUT2D eigenvalue weighted by atomic mass is 10.00. The summed E-state index contributed by atoms with van der Waals surface area (Å²) in [6, 6.07) is 6.13. The molecule has 2 aliphatic heterocycles. The summed E-state index contributed by atoms with van der Waals surface area (Å²) in [5, 5.41) is 2.93. The summed E-state index contributed by atoms with van der Waals surface area (Å²) in [7, 11) is 0. The third kappa shape index (κ3) is 2.76. The van der Waals surface area contributed by atoms with Crippen LogP contribution in [0.2, 0.25) is 0 Å². The molecule has 2 aliphatic rings. The Morgan fingerprint density at radius 1 is 1.33 bits per heavy atom. The average molecular weight is 323 g/mol. The fourth-order valence-corrected chi connectivity index (χ4v) is 3.36. The molecule has 4 rings (SSSR count). The summed E-state index contributed by atoms with van der Waals surface area (Å²) in [4.78, 5) is 20.2. The van der Waals surface area contributed by atoms with E-state index in [1.54, 1.807) is 0 Å². The van der Waals surface area contributed by atoms with Gasteiger partial charge in [0.1, 0.15) is 5.82 Å². The lowest BCUT2D eigenvalue weighted by Crippen LogP contribution is -2.15. The minimum atomic E-state index is -0.0551. The number of carbonyl (C=O) groups excluding carboxylic acids is 1. The third-order valence-corrected chi connectivity index (χ3v) is 4.80. The number of hydrogen-bond acceptors (Lipinski definition) is 3. The maximum Gasteiger partial charge on any atom is 0.256 e. The van der Waals surface area contributed by atoms with E-state index in [1.165, 1.54) is 5.56 Å². The first kappa shape index (κ1) is 15.1. The second-order valence-electron chi connectivity index (χ2n) is 6.36. The summed E-state index contributed by atoms with van der Waals surface area (Å²) in [6.45, 7) is 3.69. The molecule has 24 heavy (non-hydrogen) atoms. The van der Waals surface area contributed by atoms with E-state index in [1.807, 2.05) is 18.3 Å². The molecule has 2 aromatic rings. The van der Waals surface area contributed by atoms with Crippen LogP contribution in [0.25, 0.3) is 11.6 Å². The molecule has 1 fully saturated rings. The number of H-pyrrole nitrogens is 1. The maximum atomic E-state index is 12.3. The zero-order valence-corrected chi connectivity index (χ0v) is 13.8. The van der Waals surface area contributed by atoms with Crippen LogP contribution in [-0.2, 0) is 16.0 Å². The predicted octanol–water partition coefficient (Wildman–Crippen LogP) is 3.36. The first-order chi connectivity index (χ1) is 11.7. The Morgan fingerprint density at radius 3 is 2.96 bits per heavy atom. The molecule has 0 unspecified atom stereocenters. The smallest absolute Gasteiger partial charge is 0.256 e. The molecule has 5 heteroatoms. The van der Waals surface area contributed by atoms with E-state index >= 15 is 0 Å². The number of rotatable bonds is 3. The monoisotopic (exact) mass is 323 g/mol. The van der Waals surface area contributed by atoms with Gasteiger partial charge in [0.15, 0.2) is 0 Å². The number of aryl methyl sites for hydroxylation is 1. The normalized spacial score (nSPS) is 19.5. The van der Waals surface area contributed by atoms with Crippen molar-refractivity contribution in [1.29, 1.82) is 0 Å². The number of aromatic nitrogens is 2. The van der Waals surface area contributed by atoms with E-state index in [0.29, 0.717) is 11.5 Å². The lowest BCUT2D eigenvalue weighted by molar-refractivity contribution is -0.110. The van der Waals surface area contributed by atoms with Crippen molar-refractivity contribution < 1.29 is 9.53 Å². The van der Waals surface area contributed by atoms with E-state index < -0.39 is 0 Å². The number of amides is 1. The molecule has 0 aliphatic carbocycles. The minimum Gasteiger partial charge on any atom is -0.381 e. The van der Waals surface area contributed by atoms with Crippen molar-refractivity contribution in [3.63, 3.8) is 0 Å². The van der Waals surface area contributed by atoms with E-state index in [2.05, 4.69) is 34.3 Å². The Hall–Kier alpha value is -2.40. The van der Waals surface area contributed by atoms with Gasteiger partial charge in [0.2, 0.25) is 0 Å². The Labute approximate surface area is 141 Å². The van der Waals surface area contributed by atoms with Crippen LogP contribution in [0.3, 0.4) is 0 Å². The van der Waals surface area contributed by atoms with Crippen molar-refractivity contribution in [3.05, 3.63) is 47.0 Å². The average Bonchev–Trinajstić information content (AvgIpc) is 3.21. The van der Waals surface area contributed by atoms with Crippen molar-refractivity contribution in [1.82, 2.24) is 9.97 Å². The number of anilines is 1. The molecule has 5 nitrogen and oxygen atoms in total. The summed E-state index contributed by atoms with van der Waals surface area (Å²) in [5.74, 6) is 1.36. The second kappa shape index (κ2) is 6.24. The molecule has 1 saturated heterocycles. The fourth-order valence-electron chi connectivity index (χ4n) is 3.36. The molecule has 0 bridgehead atoms. The van der Waals surface area contributed by atoms with Gasteiger partial charge in [-0.3, -0.25) is 4.79 Å². The molecule has 0 spiro atoms. The Bertz CT molecular complexity index is 801. The zero-order valence-electron chi connectivity index (χ0n) is 13.8. The zero-order chi connectivity index (χ0) is 16.5. The van der Waals surface area contributed by atoms with Crippen LogP contribution < -0.4 is 5.32 Å². The molecule has 0 saturated carbocycles. The number of carbonyl (C=O) groups is 1. The summed E-state index contributed by atoms with van der Waals surface area (Å²) in [6.07, 6.45) is 6.65. The third-order valence-electron chi connectivity index (χ3n) is 4.80. The second-order valence-corrected chi connectivity index (χ2v) is 6.36. The van der Waals surface area contributed by atoms with Gasteiger partial charge in [0.05, 0.1) is 17.5 Å². The highest BCUT2D eigenvalue weighted by Crippen LogP contribution is 2.34. The fraction of sp³-hybridized carbons (Fsp3) is 0.368. The number of nitrogens with one attached hydrogen (secondary N) is 2. The van der Waals surface area contributed by atoms with E-state index in [4.69, 9.17) is 4.74 Å². The molecule has 1 aromatic carbocycles. The standard InChI is InChI=1S/C19H21N3O2/c1-2-12-3-4-17-15(9-12)16(19(23)22-17)10-14-11-20-18(21-14)13-5-7-24-8-6-13/h3-4,9-11,13H,2,5-8H2,1H3,(H,20,21)(H,22,23). The van der Waals surface area contributed by atoms with Gasteiger partial charge < -0.3 is 15.0 Å². The van der Waals surface area contributed by atoms with Crippen molar-refractivity contribution in [3.8, 4) is 0 Å². The van der Waals surface area contributed by atoms with Crippen LogP contribution in [0.4, 0.5) is 5.69 Å². The highest BCUT2D eigenvalue weighted by Gasteiger charge is 2.25. The number of fused-ring (bicyclic) bond motifs is 1. The van der Waals surface area contributed by atoms with Gasteiger partial charge in [-0.2, -0.15) is 0 Å². The maximum absolute atomic E-state index is 12.3. The van der Waals surface area contributed by atoms with Gasteiger partial charge in [-0.25, -0.2) is 4.98 Å². The molecular formula is C19H21N3O2. The first-order valence-corrected chi connectivity index (χ1v) is 8.53. The molecular weight excluding hydrogens is 302 g/mol. The SMILES string of the molecule is CCc1ccc2c(c1)C(=Cc1cnc(C3CCOCC3)[nH]1)C(=O)N2. The summed E-state index contributed by atoms with van der Waals surface area (Å²) < 4.78 is 5.40. The topological polar surface area (TPSA) is 67.0 Å². The van der Waals surface area contributed by atoms with Gasteiger partial charge in [0, 0.05) is 30.4 Å². The van der Waals surface area contributed by atoms with Crippen LogP contribution in [-0.4, -0.2) is 29.1 Å². The largest absolute Gasteiger partial charge is 0.381 e.